The molecule has 0 unspecified atom stereocenters. The molecule has 5 nitrogen and oxygen atoms in total. The first-order chi connectivity index (χ1) is 10.0. The minimum Gasteiger partial charge on any atom is -0.380 e. The highest BCUT2D eigenvalue weighted by atomic mass is 19.1. The van der Waals surface area contributed by atoms with Crippen LogP contribution in [0.25, 0.3) is 0 Å². The average Bonchev–Trinajstić information content (AvgIpc) is 2.83. The fraction of sp³-hybridized carbons (Fsp3) is 0.286. The van der Waals surface area contributed by atoms with Crippen LogP contribution in [0.2, 0.25) is 0 Å². The third-order valence-electron chi connectivity index (χ3n) is 2.92. The Hall–Kier alpha value is -2.44. The molecule has 7 heteroatoms. The standard InChI is InChI=1S/C14H16F2N4O/c1-3-5-17-13-10(15)7-9(8-11(13)16)14(21)19-12-4-6-18-20(12)2/h4,6-8,17H,3,5H2,1-2H3,(H,19,21). The van der Waals surface area contributed by atoms with Gasteiger partial charge < -0.3 is 10.6 Å². The van der Waals surface area contributed by atoms with Crippen LogP contribution in [0, 0.1) is 11.6 Å². The number of carbonyl (C=O) groups excluding carboxylic acids is 1. The van der Waals surface area contributed by atoms with Crippen molar-refractivity contribution in [1.82, 2.24) is 9.78 Å². The Labute approximate surface area is 121 Å². The molecule has 1 heterocycles. The lowest BCUT2D eigenvalue weighted by atomic mass is 10.1. The molecule has 21 heavy (non-hydrogen) atoms. The van der Waals surface area contributed by atoms with E-state index in [-0.39, 0.29) is 11.3 Å². The number of anilines is 2. The number of rotatable bonds is 5. The van der Waals surface area contributed by atoms with Crippen molar-refractivity contribution in [3.63, 3.8) is 0 Å². The Kier molecular flexibility index (Phi) is 4.52. The molecule has 0 bridgehead atoms. The topological polar surface area (TPSA) is 59.0 Å². The van der Waals surface area contributed by atoms with Gasteiger partial charge in [0.25, 0.3) is 5.91 Å². The predicted molar refractivity (Wildman–Crippen MR) is 76.3 cm³/mol. The van der Waals surface area contributed by atoms with Gasteiger partial charge in [-0.25, -0.2) is 8.78 Å². The fourth-order valence-electron chi connectivity index (χ4n) is 1.81. The lowest BCUT2D eigenvalue weighted by Crippen LogP contribution is -2.16. The van der Waals surface area contributed by atoms with Gasteiger partial charge >= 0.3 is 0 Å². The van der Waals surface area contributed by atoms with E-state index in [2.05, 4.69) is 15.7 Å². The van der Waals surface area contributed by atoms with E-state index >= 15 is 0 Å². The van der Waals surface area contributed by atoms with Gasteiger partial charge in [0.05, 0.1) is 6.20 Å². The third-order valence-corrected chi connectivity index (χ3v) is 2.92. The van der Waals surface area contributed by atoms with Crippen LogP contribution in [-0.4, -0.2) is 22.2 Å². The summed E-state index contributed by atoms with van der Waals surface area (Å²) >= 11 is 0. The Bertz CT molecular complexity index is 631. The van der Waals surface area contributed by atoms with Gasteiger partial charge in [0, 0.05) is 25.2 Å². The number of carbonyl (C=O) groups is 1. The van der Waals surface area contributed by atoms with E-state index in [0.29, 0.717) is 12.4 Å². The van der Waals surface area contributed by atoms with Crippen LogP contribution in [0.3, 0.4) is 0 Å². The minimum absolute atomic E-state index is 0.0896. The zero-order chi connectivity index (χ0) is 15.4. The van der Waals surface area contributed by atoms with Crippen molar-refractivity contribution >= 4 is 17.4 Å². The number of aryl methyl sites for hydroxylation is 1. The number of benzene rings is 1. The van der Waals surface area contributed by atoms with Crippen LogP contribution in [-0.2, 0) is 7.05 Å². The van der Waals surface area contributed by atoms with Gasteiger partial charge in [-0.2, -0.15) is 5.10 Å². The van der Waals surface area contributed by atoms with Gasteiger partial charge in [-0.15, -0.1) is 0 Å². The van der Waals surface area contributed by atoms with Crippen molar-refractivity contribution in [3.8, 4) is 0 Å². The molecule has 1 aromatic heterocycles. The van der Waals surface area contributed by atoms with E-state index in [4.69, 9.17) is 0 Å². The van der Waals surface area contributed by atoms with Crippen molar-refractivity contribution in [3.05, 3.63) is 41.6 Å². The summed E-state index contributed by atoms with van der Waals surface area (Å²) in [5.74, 6) is -1.75. The molecule has 0 radical (unpaired) electrons. The molecule has 1 amide bonds. The summed E-state index contributed by atoms with van der Waals surface area (Å²) in [6.07, 6.45) is 2.25. The summed E-state index contributed by atoms with van der Waals surface area (Å²) < 4.78 is 29.2. The Morgan fingerprint density at radius 2 is 2.00 bits per heavy atom. The van der Waals surface area contributed by atoms with E-state index in [1.54, 1.807) is 13.1 Å². The summed E-state index contributed by atoms with van der Waals surface area (Å²) in [4.78, 5) is 12.0. The summed E-state index contributed by atoms with van der Waals surface area (Å²) in [5.41, 5.74) is -0.304. The highest BCUT2D eigenvalue weighted by molar-refractivity contribution is 6.04. The maximum atomic E-state index is 13.9. The molecule has 2 rings (SSSR count). The zero-order valence-electron chi connectivity index (χ0n) is 11.8. The zero-order valence-corrected chi connectivity index (χ0v) is 11.8. The van der Waals surface area contributed by atoms with E-state index in [1.165, 1.54) is 10.9 Å². The molecule has 0 atom stereocenters. The van der Waals surface area contributed by atoms with Crippen LogP contribution in [0.15, 0.2) is 24.4 Å². The second-order valence-electron chi connectivity index (χ2n) is 4.54. The SMILES string of the molecule is CCCNc1c(F)cc(C(=O)Nc2ccnn2C)cc1F. The second kappa shape index (κ2) is 6.34. The normalized spacial score (nSPS) is 10.5. The third kappa shape index (κ3) is 3.36. The predicted octanol–water partition coefficient (Wildman–Crippen LogP) is 2.77. The molecule has 2 N–H and O–H groups in total. The number of halogens is 2. The quantitative estimate of drug-likeness (QED) is 0.891. The first-order valence-corrected chi connectivity index (χ1v) is 6.55. The largest absolute Gasteiger partial charge is 0.380 e. The first kappa shape index (κ1) is 15.0. The van der Waals surface area contributed by atoms with Crippen LogP contribution in [0.4, 0.5) is 20.3 Å². The minimum atomic E-state index is -0.793. The number of nitrogens with zero attached hydrogens (tertiary/aromatic N) is 2. The molecule has 0 fully saturated rings. The molecule has 0 aliphatic carbocycles. The lowest BCUT2D eigenvalue weighted by Gasteiger charge is -2.10. The van der Waals surface area contributed by atoms with Crippen LogP contribution in [0.5, 0.6) is 0 Å². The van der Waals surface area contributed by atoms with E-state index in [9.17, 15) is 13.6 Å². The molecular weight excluding hydrogens is 278 g/mol. The van der Waals surface area contributed by atoms with Crippen LogP contribution >= 0.6 is 0 Å². The van der Waals surface area contributed by atoms with Crippen LogP contribution < -0.4 is 10.6 Å². The smallest absolute Gasteiger partial charge is 0.257 e. The van der Waals surface area contributed by atoms with Crippen LogP contribution in [0.1, 0.15) is 23.7 Å². The van der Waals surface area contributed by atoms with Crippen molar-refractivity contribution in [1.29, 1.82) is 0 Å². The lowest BCUT2D eigenvalue weighted by molar-refractivity contribution is 0.102. The molecular formula is C14H16F2N4O. The monoisotopic (exact) mass is 294 g/mol. The molecule has 0 saturated heterocycles. The maximum Gasteiger partial charge on any atom is 0.257 e. The van der Waals surface area contributed by atoms with Crippen molar-refractivity contribution < 1.29 is 13.6 Å². The van der Waals surface area contributed by atoms with Gasteiger partial charge in [0.1, 0.15) is 23.1 Å². The van der Waals surface area contributed by atoms with Crippen molar-refractivity contribution in [2.75, 3.05) is 17.2 Å². The van der Waals surface area contributed by atoms with E-state index in [1.807, 2.05) is 6.92 Å². The van der Waals surface area contributed by atoms with E-state index in [0.717, 1.165) is 18.6 Å². The average molecular weight is 294 g/mol. The molecule has 112 valence electrons. The van der Waals surface area contributed by atoms with Crippen molar-refractivity contribution in [2.45, 2.75) is 13.3 Å². The highest BCUT2D eigenvalue weighted by Gasteiger charge is 2.15. The molecule has 0 spiro atoms. The Balaban J connectivity index is 2.20. The number of hydrogen-bond acceptors (Lipinski definition) is 3. The molecule has 0 aliphatic rings. The molecule has 2 aromatic rings. The summed E-state index contributed by atoms with van der Waals surface area (Å²) in [6, 6.07) is 3.60. The molecule has 1 aromatic carbocycles. The fourth-order valence-corrected chi connectivity index (χ4v) is 1.81. The Morgan fingerprint density at radius 3 is 2.52 bits per heavy atom. The van der Waals surface area contributed by atoms with Gasteiger partial charge in [0.15, 0.2) is 0 Å². The highest BCUT2D eigenvalue weighted by Crippen LogP contribution is 2.21. The number of nitrogens with one attached hydrogen (secondary N) is 2. The first-order valence-electron chi connectivity index (χ1n) is 6.55. The maximum absolute atomic E-state index is 13.9. The van der Waals surface area contributed by atoms with Gasteiger partial charge in [0.2, 0.25) is 0 Å². The van der Waals surface area contributed by atoms with Gasteiger partial charge in [-0.05, 0) is 18.6 Å². The Morgan fingerprint density at radius 1 is 1.33 bits per heavy atom. The molecule has 0 aliphatic heterocycles. The second-order valence-corrected chi connectivity index (χ2v) is 4.54. The number of amides is 1. The van der Waals surface area contributed by atoms with Gasteiger partial charge in [-0.1, -0.05) is 6.92 Å². The number of aromatic nitrogens is 2. The molecule has 0 saturated carbocycles. The number of hydrogen-bond donors (Lipinski definition) is 2. The summed E-state index contributed by atoms with van der Waals surface area (Å²) in [5, 5.41) is 9.08. The van der Waals surface area contributed by atoms with Gasteiger partial charge in [-0.3, -0.25) is 9.48 Å². The van der Waals surface area contributed by atoms with E-state index < -0.39 is 17.5 Å². The van der Waals surface area contributed by atoms with Crippen molar-refractivity contribution in [2.24, 2.45) is 7.05 Å². The summed E-state index contributed by atoms with van der Waals surface area (Å²) in [7, 11) is 1.65. The summed E-state index contributed by atoms with van der Waals surface area (Å²) in [6.45, 7) is 2.34.